The molecule has 0 atom stereocenters. The van der Waals surface area contributed by atoms with E-state index in [4.69, 9.17) is 4.74 Å². The number of amides is 1. The van der Waals surface area contributed by atoms with Crippen LogP contribution in [0.4, 0.5) is 0 Å². The Hall–Kier alpha value is -4.64. The van der Waals surface area contributed by atoms with E-state index < -0.39 is 5.92 Å². The van der Waals surface area contributed by atoms with Crippen molar-refractivity contribution in [1.82, 2.24) is 9.99 Å². The molecule has 1 amide bonds. The van der Waals surface area contributed by atoms with Crippen LogP contribution in [0, 0.1) is 0 Å². The normalized spacial score (nSPS) is 12.8. The van der Waals surface area contributed by atoms with Crippen molar-refractivity contribution in [3.63, 3.8) is 0 Å². The smallest absolute Gasteiger partial charge is 0.252 e. The molecule has 5 nitrogen and oxygen atoms in total. The lowest BCUT2D eigenvalue weighted by molar-refractivity contribution is -0.121. The number of carbonyl (C=O) groups is 1. The number of hydrazone groups is 1. The Labute approximate surface area is 203 Å². The highest BCUT2D eigenvalue weighted by Crippen LogP contribution is 2.43. The van der Waals surface area contributed by atoms with E-state index in [1.54, 1.807) is 6.21 Å². The minimum absolute atomic E-state index is 0.197. The van der Waals surface area contributed by atoms with Crippen LogP contribution >= 0.6 is 0 Å². The second kappa shape index (κ2) is 8.95. The summed E-state index contributed by atoms with van der Waals surface area (Å²) in [6.07, 6.45) is 3.80. The number of fused-ring (bicyclic) bond motifs is 3. The van der Waals surface area contributed by atoms with Crippen molar-refractivity contribution in [3.8, 4) is 11.5 Å². The molecule has 0 spiro atoms. The van der Waals surface area contributed by atoms with E-state index in [1.807, 2.05) is 78.9 Å². The molecule has 5 aromatic rings. The summed E-state index contributed by atoms with van der Waals surface area (Å²) in [5, 5.41) is 5.44. The van der Waals surface area contributed by atoms with Crippen LogP contribution in [0.3, 0.4) is 0 Å². The van der Waals surface area contributed by atoms with Gasteiger partial charge in [0.05, 0.1) is 12.1 Å². The predicted molar refractivity (Wildman–Crippen MR) is 138 cm³/mol. The summed E-state index contributed by atoms with van der Waals surface area (Å²) in [6.45, 7) is 0.761. The minimum atomic E-state index is -0.493. The third kappa shape index (κ3) is 3.97. The molecule has 2 heterocycles. The van der Waals surface area contributed by atoms with Gasteiger partial charge in [-0.2, -0.15) is 5.10 Å². The zero-order valence-corrected chi connectivity index (χ0v) is 19.0. The first kappa shape index (κ1) is 20.9. The first-order chi connectivity index (χ1) is 17.3. The lowest BCUT2D eigenvalue weighted by Crippen LogP contribution is -2.28. The molecule has 6 rings (SSSR count). The zero-order valence-electron chi connectivity index (χ0n) is 19.0. The average Bonchev–Trinajstić information content (AvgIpc) is 3.25. The van der Waals surface area contributed by atoms with Crippen LogP contribution in [0.2, 0.25) is 0 Å². The first-order valence-electron chi connectivity index (χ1n) is 11.6. The van der Waals surface area contributed by atoms with Crippen molar-refractivity contribution in [2.24, 2.45) is 5.10 Å². The Morgan fingerprint density at radius 3 is 2.20 bits per heavy atom. The van der Waals surface area contributed by atoms with Crippen LogP contribution in [0.15, 0.2) is 114 Å². The highest BCUT2D eigenvalue weighted by Gasteiger charge is 2.32. The third-order valence-corrected chi connectivity index (χ3v) is 6.34. The molecule has 1 aliphatic heterocycles. The van der Waals surface area contributed by atoms with Crippen LogP contribution in [-0.2, 0) is 11.3 Å². The number of para-hydroxylation sites is 3. The van der Waals surface area contributed by atoms with E-state index in [2.05, 4.69) is 45.6 Å². The van der Waals surface area contributed by atoms with Gasteiger partial charge in [-0.05, 0) is 23.8 Å². The van der Waals surface area contributed by atoms with Gasteiger partial charge in [-0.3, -0.25) is 4.79 Å². The fourth-order valence-corrected chi connectivity index (χ4v) is 4.71. The van der Waals surface area contributed by atoms with Gasteiger partial charge in [0.1, 0.15) is 11.5 Å². The fraction of sp³-hybridized carbons (Fsp3) is 0.0667. The number of nitrogens with zero attached hydrogens (tertiary/aromatic N) is 2. The van der Waals surface area contributed by atoms with Gasteiger partial charge in [0.15, 0.2) is 0 Å². The lowest BCUT2D eigenvalue weighted by Gasteiger charge is -2.26. The summed E-state index contributed by atoms with van der Waals surface area (Å²) in [4.78, 5) is 13.3. The number of aromatic nitrogens is 1. The van der Waals surface area contributed by atoms with E-state index in [0.717, 1.165) is 34.1 Å². The van der Waals surface area contributed by atoms with Gasteiger partial charge in [-0.25, -0.2) is 5.43 Å². The van der Waals surface area contributed by atoms with Gasteiger partial charge >= 0.3 is 0 Å². The number of rotatable bonds is 5. The summed E-state index contributed by atoms with van der Waals surface area (Å²) < 4.78 is 8.22. The summed E-state index contributed by atoms with van der Waals surface area (Å²) in [5.41, 5.74) is 7.73. The number of benzene rings is 4. The van der Waals surface area contributed by atoms with Crippen molar-refractivity contribution in [3.05, 3.63) is 132 Å². The SMILES string of the molecule is O=C(N/N=C/c1cn(Cc2ccccc2)c2ccccc12)C1c2ccccc2Oc2ccccc21. The highest BCUT2D eigenvalue weighted by atomic mass is 16.5. The number of nitrogens with one attached hydrogen (secondary N) is 1. The van der Waals surface area contributed by atoms with Crippen molar-refractivity contribution in [2.45, 2.75) is 12.5 Å². The molecule has 4 aromatic carbocycles. The predicted octanol–water partition coefficient (Wildman–Crippen LogP) is 6.08. The Balaban J connectivity index is 1.28. The van der Waals surface area contributed by atoms with E-state index in [0.29, 0.717) is 11.5 Å². The van der Waals surface area contributed by atoms with Crippen molar-refractivity contribution >= 4 is 23.0 Å². The monoisotopic (exact) mass is 457 g/mol. The molecule has 0 saturated carbocycles. The van der Waals surface area contributed by atoms with Crippen LogP contribution in [0.1, 0.15) is 28.2 Å². The molecule has 170 valence electrons. The highest BCUT2D eigenvalue weighted by molar-refractivity contribution is 6.00. The molecule has 1 N–H and O–H groups in total. The molecule has 5 heteroatoms. The molecule has 35 heavy (non-hydrogen) atoms. The molecule has 1 aromatic heterocycles. The van der Waals surface area contributed by atoms with Gasteiger partial charge in [0.25, 0.3) is 5.91 Å². The molecule has 1 aliphatic rings. The van der Waals surface area contributed by atoms with E-state index >= 15 is 0 Å². The Morgan fingerprint density at radius 2 is 1.46 bits per heavy atom. The second-order valence-corrected chi connectivity index (χ2v) is 8.56. The number of ether oxygens (including phenoxy) is 1. The van der Waals surface area contributed by atoms with Crippen molar-refractivity contribution < 1.29 is 9.53 Å². The van der Waals surface area contributed by atoms with Gasteiger partial charge < -0.3 is 9.30 Å². The second-order valence-electron chi connectivity index (χ2n) is 8.56. The molecule has 0 fully saturated rings. The summed E-state index contributed by atoms with van der Waals surface area (Å²) >= 11 is 0. The molecule has 0 radical (unpaired) electrons. The average molecular weight is 458 g/mol. The zero-order chi connectivity index (χ0) is 23.6. The van der Waals surface area contributed by atoms with Crippen molar-refractivity contribution in [1.29, 1.82) is 0 Å². The Bertz CT molecular complexity index is 1510. The third-order valence-electron chi connectivity index (χ3n) is 6.34. The lowest BCUT2D eigenvalue weighted by atomic mass is 9.87. The van der Waals surface area contributed by atoms with E-state index in [9.17, 15) is 4.79 Å². The summed E-state index contributed by atoms with van der Waals surface area (Å²) in [6, 6.07) is 33.9. The summed E-state index contributed by atoms with van der Waals surface area (Å²) in [7, 11) is 0. The van der Waals surface area contributed by atoms with Crippen LogP contribution in [0.25, 0.3) is 10.9 Å². The number of carbonyl (C=O) groups excluding carboxylic acids is 1. The van der Waals surface area contributed by atoms with E-state index in [-0.39, 0.29) is 5.91 Å². The van der Waals surface area contributed by atoms with Crippen LogP contribution in [0.5, 0.6) is 11.5 Å². The van der Waals surface area contributed by atoms with Gasteiger partial charge in [-0.15, -0.1) is 0 Å². The molecule has 0 bridgehead atoms. The standard InChI is InChI=1S/C30H23N3O2/c34-30(29-24-13-5-8-16-27(24)35-28-17-9-6-14-25(28)29)32-31-18-22-20-33(19-21-10-2-1-3-11-21)26-15-7-4-12-23(22)26/h1-18,20,29H,19H2,(H,32,34)/b31-18+. The Morgan fingerprint density at radius 1 is 0.829 bits per heavy atom. The molecule has 0 saturated heterocycles. The minimum Gasteiger partial charge on any atom is -0.457 e. The van der Waals surface area contributed by atoms with Crippen LogP contribution < -0.4 is 10.2 Å². The maximum atomic E-state index is 13.3. The maximum absolute atomic E-state index is 13.3. The first-order valence-corrected chi connectivity index (χ1v) is 11.6. The fourth-order valence-electron chi connectivity index (χ4n) is 4.71. The van der Waals surface area contributed by atoms with Crippen LogP contribution in [-0.4, -0.2) is 16.7 Å². The van der Waals surface area contributed by atoms with Crippen molar-refractivity contribution in [2.75, 3.05) is 0 Å². The molecule has 0 aliphatic carbocycles. The molecular weight excluding hydrogens is 434 g/mol. The quantitative estimate of drug-likeness (QED) is 0.257. The Kier molecular flexibility index (Phi) is 5.35. The molecule has 0 unspecified atom stereocenters. The largest absolute Gasteiger partial charge is 0.457 e. The van der Waals surface area contributed by atoms with E-state index in [1.165, 1.54) is 5.56 Å². The van der Waals surface area contributed by atoms with Gasteiger partial charge in [0, 0.05) is 40.3 Å². The number of hydrogen-bond donors (Lipinski definition) is 1. The van der Waals surface area contributed by atoms with Gasteiger partial charge in [0.2, 0.25) is 0 Å². The topological polar surface area (TPSA) is 55.6 Å². The summed E-state index contributed by atoms with van der Waals surface area (Å²) in [5.74, 6) is 0.698. The maximum Gasteiger partial charge on any atom is 0.252 e. The number of hydrogen-bond acceptors (Lipinski definition) is 3. The van der Waals surface area contributed by atoms with Gasteiger partial charge in [-0.1, -0.05) is 84.9 Å². The molecular formula is C30H23N3O2.